The molecule has 1 amide bonds. The van der Waals surface area contributed by atoms with Gasteiger partial charge >= 0.3 is 0 Å². The number of hydrogen-bond donors (Lipinski definition) is 1. The average molecular weight is 441 g/mol. The van der Waals surface area contributed by atoms with Gasteiger partial charge in [0.05, 0.1) is 18.7 Å². The lowest BCUT2D eigenvalue weighted by Gasteiger charge is -2.26. The van der Waals surface area contributed by atoms with E-state index in [0.717, 1.165) is 16.9 Å². The monoisotopic (exact) mass is 440 g/mol. The number of rotatable bonds is 4. The number of aromatic nitrogens is 3. The Hall–Kier alpha value is -3.26. The second-order valence-corrected chi connectivity index (χ2v) is 7.96. The van der Waals surface area contributed by atoms with Crippen LogP contribution in [0.4, 0.5) is 0 Å². The number of amides is 1. The number of methoxy groups -OCH3 is 1. The number of carbonyl (C=O) groups is 1. The van der Waals surface area contributed by atoms with Gasteiger partial charge in [0.2, 0.25) is 11.8 Å². The van der Waals surface area contributed by atoms with Gasteiger partial charge in [-0.15, -0.1) is 0 Å². The molecule has 2 aliphatic rings. The molecule has 1 N–H and O–H groups in total. The maximum absolute atomic E-state index is 12.8. The lowest BCUT2D eigenvalue weighted by molar-refractivity contribution is 0.0909. The maximum atomic E-state index is 12.8. The van der Waals surface area contributed by atoms with Gasteiger partial charge in [-0.3, -0.25) is 4.79 Å². The summed E-state index contributed by atoms with van der Waals surface area (Å²) in [5, 5.41) is 8.06. The molecule has 0 aliphatic carbocycles. The van der Waals surface area contributed by atoms with Crippen molar-refractivity contribution in [2.45, 2.75) is 31.5 Å². The summed E-state index contributed by atoms with van der Waals surface area (Å²) in [5.41, 5.74) is 2.16. The molecule has 1 unspecified atom stereocenters. The van der Waals surface area contributed by atoms with Gasteiger partial charge < -0.3 is 19.5 Å². The third kappa shape index (κ3) is 3.90. The highest BCUT2D eigenvalue weighted by Crippen LogP contribution is 2.34. The molecule has 4 heterocycles. The molecule has 0 fully saturated rings. The molecule has 5 rings (SSSR count). The van der Waals surface area contributed by atoms with Crippen molar-refractivity contribution < 1.29 is 19.0 Å². The van der Waals surface area contributed by atoms with Gasteiger partial charge in [-0.1, -0.05) is 11.6 Å². The van der Waals surface area contributed by atoms with E-state index in [1.807, 2.05) is 24.3 Å². The molecule has 160 valence electrons. The molecular weight excluding hydrogens is 420 g/mol. The van der Waals surface area contributed by atoms with E-state index in [-0.39, 0.29) is 18.1 Å². The number of nitrogens with one attached hydrogen (secondary N) is 1. The summed E-state index contributed by atoms with van der Waals surface area (Å²) in [5.74, 6) is 1.62. The van der Waals surface area contributed by atoms with Gasteiger partial charge in [-0.05, 0) is 42.3 Å². The Morgan fingerprint density at radius 3 is 3.10 bits per heavy atom. The van der Waals surface area contributed by atoms with Crippen LogP contribution in [0.1, 0.15) is 34.1 Å². The third-order valence-corrected chi connectivity index (χ3v) is 5.68. The highest BCUT2D eigenvalue weighted by molar-refractivity contribution is 6.30. The number of halogens is 1. The lowest BCUT2D eigenvalue weighted by Crippen LogP contribution is -2.42. The molecule has 0 spiro atoms. The standard InChI is InChI=1S/C22H21ClN4O4/c1-29-22-16(3-2-7-24-22)19-6-8-27-20(31-19)11-17(26-27)21(28)25-15-10-13-9-14(23)4-5-18(13)30-12-15/h2-5,7,9,11,15,19H,6,8,10,12H2,1H3,(H,25,28)/t15-,19?/m1/s1. The molecule has 9 heteroatoms. The molecular formula is C22H21ClN4O4. The Labute approximate surface area is 184 Å². The van der Waals surface area contributed by atoms with Gasteiger partial charge in [0.25, 0.3) is 5.91 Å². The molecule has 0 saturated heterocycles. The third-order valence-electron chi connectivity index (χ3n) is 5.45. The Morgan fingerprint density at radius 1 is 1.32 bits per heavy atom. The summed E-state index contributed by atoms with van der Waals surface area (Å²) in [6, 6.07) is 10.8. The van der Waals surface area contributed by atoms with Crippen LogP contribution in [-0.4, -0.2) is 40.4 Å². The van der Waals surface area contributed by atoms with Crippen LogP contribution in [0.2, 0.25) is 5.02 Å². The minimum Gasteiger partial charge on any atom is -0.491 e. The van der Waals surface area contributed by atoms with Gasteiger partial charge in [0.15, 0.2) is 5.69 Å². The van der Waals surface area contributed by atoms with Gasteiger partial charge in [-0.2, -0.15) is 5.10 Å². The first-order valence-corrected chi connectivity index (χ1v) is 10.4. The SMILES string of the molecule is COc1ncccc1C1CCn2nc(C(=O)N[C@H]3COc4ccc(Cl)cc4C3)cc2O1. The second kappa shape index (κ2) is 8.11. The van der Waals surface area contributed by atoms with Crippen LogP contribution in [-0.2, 0) is 13.0 Å². The van der Waals surface area contributed by atoms with E-state index in [1.54, 1.807) is 30.1 Å². The zero-order chi connectivity index (χ0) is 21.4. The number of benzene rings is 1. The Morgan fingerprint density at radius 2 is 2.23 bits per heavy atom. The van der Waals surface area contributed by atoms with Gasteiger partial charge in [0, 0.05) is 30.3 Å². The number of ether oxygens (including phenoxy) is 3. The average Bonchev–Trinajstić information content (AvgIpc) is 3.22. The number of pyridine rings is 1. The topological polar surface area (TPSA) is 87.5 Å². The Balaban J connectivity index is 1.28. The first kappa shape index (κ1) is 19.7. The van der Waals surface area contributed by atoms with Crippen molar-refractivity contribution >= 4 is 17.5 Å². The minimum absolute atomic E-state index is 0.162. The number of aryl methyl sites for hydroxylation is 1. The molecule has 1 aromatic carbocycles. The molecule has 3 aromatic rings. The molecule has 2 aromatic heterocycles. The Kier molecular flexibility index (Phi) is 5.15. The fraction of sp³-hybridized carbons (Fsp3) is 0.318. The highest BCUT2D eigenvalue weighted by atomic mass is 35.5. The normalized spacial score (nSPS) is 19.4. The number of nitrogens with zero attached hydrogens (tertiary/aromatic N) is 3. The van der Waals surface area contributed by atoms with Crippen LogP contribution < -0.4 is 19.5 Å². The Bertz CT molecular complexity index is 1130. The van der Waals surface area contributed by atoms with E-state index in [9.17, 15) is 4.79 Å². The van der Waals surface area contributed by atoms with E-state index in [1.165, 1.54) is 0 Å². The van der Waals surface area contributed by atoms with Gasteiger partial charge in [-0.25, -0.2) is 9.67 Å². The van der Waals surface area contributed by atoms with E-state index in [2.05, 4.69) is 15.4 Å². The van der Waals surface area contributed by atoms with Crippen molar-refractivity contribution in [2.24, 2.45) is 0 Å². The fourth-order valence-electron chi connectivity index (χ4n) is 3.96. The van der Waals surface area contributed by atoms with Crippen molar-refractivity contribution in [1.82, 2.24) is 20.1 Å². The fourth-order valence-corrected chi connectivity index (χ4v) is 4.16. The van der Waals surface area contributed by atoms with E-state index in [4.69, 9.17) is 25.8 Å². The van der Waals surface area contributed by atoms with Crippen LogP contribution in [0.15, 0.2) is 42.6 Å². The molecule has 0 saturated carbocycles. The quantitative estimate of drug-likeness (QED) is 0.670. The summed E-state index contributed by atoms with van der Waals surface area (Å²) >= 11 is 6.08. The molecule has 0 radical (unpaired) electrons. The number of fused-ring (bicyclic) bond motifs is 2. The van der Waals surface area contributed by atoms with Crippen molar-refractivity contribution in [3.05, 3.63) is 64.4 Å². The summed E-state index contributed by atoms with van der Waals surface area (Å²) in [6.07, 6.45) is 2.82. The summed E-state index contributed by atoms with van der Waals surface area (Å²) in [6.45, 7) is 1.02. The van der Waals surface area contributed by atoms with Gasteiger partial charge in [0.1, 0.15) is 18.5 Å². The van der Waals surface area contributed by atoms with Crippen LogP contribution in [0.5, 0.6) is 17.5 Å². The summed E-state index contributed by atoms with van der Waals surface area (Å²) in [4.78, 5) is 17.0. The van der Waals surface area contributed by atoms with Crippen LogP contribution in [0.25, 0.3) is 0 Å². The molecule has 31 heavy (non-hydrogen) atoms. The van der Waals surface area contributed by atoms with Crippen LogP contribution in [0, 0.1) is 0 Å². The van der Waals surface area contributed by atoms with Crippen molar-refractivity contribution in [1.29, 1.82) is 0 Å². The molecule has 2 aliphatic heterocycles. The first-order chi connectivity index (χ1) is 15.1. The first-order valence-electron chi connectivity index (χ1n) is 10.1. The molecule has 8 nitrogen and oxygen atoms in total. The largest absolute Gasteiger partial charge is 0.491 e. The zero-order valence-corrected chi connectivity index (χ0v) is 17.6. The van der Waals surface area contributed by atoms with Crippen LogP contribution >= 0.6 is 11.6 Å². The van der Waals surface area contributed by atoms with Crippen molar-refractivity contribution in [3.63, 3.8) is 0 Å². The zero-order valence-electron chi connectivity index (χ0n) is 16.9. The molecule has 0 bridgehead atoms. The summed E-state index contributed by atoms with van der Waals surface area (Å²) < 4.78 is 18.9. The maximum Gasteiger partial charge on any atom is 0.272 e. The summed E-state index contributed by atoms with van der Waals surface area (Å²) in [7, 11) is 1.59. The molecule has 2 atom stereocenters. The highest BCUT2D eigenvalue weighted by Gasteiger charge is 2.28. The number of hydrogen-bond acceptors (Lipinski definition) is 6. The predicted octanol–water partition coefficient (Wildman–Crippen LogP) is 3.20. The van der Waals surface area contributed by atoms with Crippen molar-refractivity contribution in [3.8, 4) is 17.5 Å². The van der Waals surface area contributed by atoms with E-state index in [0.29, 0.717) is 48.5 Å². The second-order valence-electron chi connectivity index (χ2n) is 7.53. The van der Waals surface area contributed by atoms with Crippen molar-refractivity contribution in [2.75, 3.05) is 13.7 Å². The lowest BCUT2D eigenvalue weighted by atomic mass is 10.0. The smallest absolute Gasteiger partial charge is 0.272 e. The van der Waals surface area contributed by atoms with Crippen LogP contribution in [0.3, 0.4) is 0 Å². The van der Waals surface area contributed by atoms with E-state index < -0.39 is 0 Å². The van der Waals surface area contributed by atoms with E-state index >= 15 is 0 Å². The minimum atomic E-state index is -0.264. The predicted molar refractivity (Wildman–Crippen MR) is 113 cm³/mol. The number of carbonyl (C=O) groups excluding carboxylic acids is 1.